The first-order valence-corrected chi connectivity index (χ1v) is 10.8. The molecular weight excluding hydrogens is 416 g/mol. The van der Waals surface area contributed by atoms with E-state index in [1.165, 1.54) is 11.3 Å². The van der Waals surface area contributed by atoms with Gasteiger partial charge in [0.05, 0.1) is 5.41 Å². The molecule has 1 aliphatic heterocycles. The summed E-state index contributed by atoms with van der Waals surface area (Å²) in [6, 6.07) is 16.5. The van der Waals surface area contributed by atoms with Crippen molar-refractivity contribution in [3.63, 3.8) is 0 Å². The van der Waals surface area contributed by atoms with E-state index in [1.54, 1.807) is 0 Å². The summed E-state index contributed by atoms with van der Waals surface area (Å²) < 4.78 is 6.58. The molecule has 1 N–H and O–H groups in total. The molecule has 0 aliphatic carbocycles. The predicted octanol–water partition coefficient (Wildman–Crippen LogP) is 4.45. The third-order valence-electron chi connectivity index (χ3n) is 5.68. The van der Waals surface area contributed by atoms with Crippen LogP contribution in [-0.2, 0) is 14.9 Å². The van der Waals surface area contributed by atoms with Gasteiger partial charge in [-0.3, -0.25) is 4.79 Å². The van der Waals surface area contributed by atoms with Crippen LogP contribution in [0, 0.1) is 6.92 Å². The smallest absolute Gasteiger partial charge is 0.230 e. The molecule has 0 unspecified atom stereocenters. The lowest BCUT2D eigenvalue weighted by molar-refractivity contribution is -0.130. The van der Waals surface area contributed by atoms with Gasteiger partial charge in [-0.25, -0.2) is 0 Å². The normalized spacial score (nSPS) is 15.8. The minimum atomic E-state index is -0.501. The first kappa shape index (κ1) is 20.9. The van der Waals surface area contributed by atoms with Crippen LogP contribution < -0.4 is 10.2 Å². The number of rotatable bonds is 7. The Bertz CT molecular complexity index is 785. The first-order chi connectivity index (χ1) is 13.6. The highest BCUT2D eigenvalue weighted by Gasteiger charge is 2.41. The molecule has 1 amide bonds. The Labute approximate surface area is 176 Å². The maximum Gasteiger partial charge on any atom is 0.230 e. The minimum absolute atomic E-state index is 0.110. The van der Waals surface area contributed by atoms with Gasteiger partial charge in [-0.15, -0.1) is 0 Å². The van der Waals surface area contributed by atoms with E-state index >= 15 is 0 Å². The predicted molar refractivity (Wildman–Crippen MR) is 118 cm³/mol. The van der Waals surface area contributed by atoms with Crippen molar-refractivity contribution in [1.82, 2.24) is 5.32 Å². The van der Waals surface area contributed by atoms with E-state index in [1.807, 2.05) is 12.1 Å². The van der Waals surface area contributed by atoms with E-state index in [0.717, 1.165) is 36.0 Å². The molecule has 1 heterocycles. The number of anilines is 1. The van der Waals surface area contributed by atoms with Gasteiger partial charge in [0.25, 0.3) is 0 Å². The number of likely N-dealkylation sites (N-methyl/N-ethyl adjacent to an activating group) is 1. The van der Waals surface area contributed by atoms with Gasteiger partial charge in [-0.1, -0.05) is 46.3 Å². The highest BCUT2D eigenvalue weighted by molar-refractivity contribution is 9.10. The second-order valence-corrected chi connectivity index (χ2v) is 8.24. The second kappa shape index (κ2) is 9.57. The van der Waals surface area contributed by atoms with Crippen molar-refractivity contribution in [2.45, 2.75) is 32.1 Å². The summed E-state index contributed by atoms with van der Waals surface area (Å²) in [4.78, 5) is 15.6. The fourth-order valence-electron chi connectivity index (χ4n) is 3.98. The van der Waals surface area contributed by atoms with Gasteiger partial charge in [-0.05, 0) is 56.0 Å². The quantitative estimate of drug-likeness (QED) is 0.685. The number of halogens is 1. The number of para-hydroxylation sites is 1. The topological polar surface area (TPSA) is 41.6 Å². The molecule has 0 aromatic heterocycles. The van der Waals surface area contributed by atoms with Gasteiger partial charge in [0.1, 0.15) is 0 Å². The molecule has 0 saturated carbocycles. The van der Waals surface area contributed by atoms with E-state index in [2.05, 4.69) is 76.4 Å². The first-order valence-electron chi connectivity index (χ1n) is 9.99. The number of carbonyl (C=O) groups is 1. The molecule has 1 aliphatic rings. The average molecular weight is 445 g/mol. The van der Waals surface area contributed by atoms with Crippen LogP contribution in [-0.4, -0.2) is 38.8 Å². The molecule has 150 valence electrons. The zero-order valence-electron chi connectivity index (χ0n) is 16.7. The van der Waals surface area contributed by atoms with Crippen molar-refractivity contribution >= 4 is 27.5 Å². The number of nitrogens with one attached hydrogen (secondary N) is 1. The second-order valence-electron chi connectivity index (χ2n) is 7.32. The molecule has 0 radical (unpaired) electrons. The van der Waals surface area contributed by atoms with E-state index in [4.69, 9.17) is 4.74 Å². The zero-order valence-corrected chi connectivity index (χ0v) is 18.3. The van der Waals surface area contributed by atoms with Crippen LogP contribution >= 0.6 is 15.9 Å². The van der Waals surface area contributed by atoms with E-state index in [-0.39, 0.29) is 5.91 Å². The Hall–Kier alpha value is -1.85. The molecule has 0 atom stereocenters. The summed E-state index contributed by atoms with van der Waals surface area (Å²) in [7, 11) is 0. The number of nitrogens with zero attached hydrogens (tertiary/aromatic N) is 1. The lowest BCUT2D eigenvalue weighted by Gasteiger charge is -2.36. The maximum absolute atomic E-state index is 13.3. The monoisotopic (exact) mass is 444 g/mol. The summed E-state index contributed by atoms with van der Waals surface area (Å²) >= 11 is 3.49. The molecule has 1 saturated heterocycles. The standard InChI is InChI=1S/C23H29BrN2O2/c1-3-26(21-7-5-4-6-18(21)2)15-14-25-22(27)23(12-16-28-17-13-23)19-8-10-20(24)11-9-19/h4-11H,3,12-17H2,1-2H3,(H,25,27). The van der Waals surface area contributed by atoms with Crippen molar-refractivity contribution in [2.24, 2.45) is 0 Å². The fraction of sp³-hybridized carbons (Fsp3) is 0.435. The Balaban J connectivity index is 1.69. The van der Waals surface area contributed by atoms with Crippen LogP contribution in [0.15, 0.2) is 53.0 Å². The molecular formula is C23H29BrN2O2. The Morgan fingerprint density at radius 3 is 2.46 bits per heavy atom. The van der Waals surface area contributed by atoms with Crippen LogP contribution in [0.3, 0.4) is 0 Å². The molecule has 2 aromatic carbocycles. The van der Waals surface area contributed by atoms with Gasteiger partial charge < -0.3 is 15.0 Å². The highest BCUT2D eigenvalue weighted by atomic mass is 79.9. The molecule has 28 heavy (non-hydrogen) atoms. The third kappa shape index (κ3) is 4.58. The van der Waals surface area contributed by atoms with Crippen molar-refractivity contribution in [3.05, 3.63) is 64.1 Å². The zero-order chi connectivity index (χ0) is 20.0. The number of hydrogen-bond donors (Lipinski definition) is 1. The van der Waals surface area contributed by atoms with Crippen molar-refractivity contribution in [3.8, 4) is 0 Å². The summed E-state index contributed by atoms with van der Waals surface area (Å²) in [5, 5.41) is 3.21. The lowest BCUT2D eigenvalue weighted by Crippen LogP contribution is -2.49. The maximum atomic E-state index is 13.3. The number of benzene rings is 2. The van der Waals surface area contributed by atoms with Gasteiger partial charge in [-0.2, -0.15) is 0 Å². The van der Waals surface area contributed by atoms with Gasteiger partial charge in [0.2, 0.25) is 5.91 Å². The average Bonchev–Trinajstić information content (AvgIpc) is 2.73. The van der Waals surface area contributed by atoms with Gasteiger partial charge in [0.15, 0.2) is 0 Å². The SMILES string of the molecule is CCN(CCNC(=O)C1(c2ccc(Br)cc2)CCOCC1)c1ccccc1C. The van der Waals surface area contributed by atoms with Crippen molar-refractivity contribution < 1.29 is 9.53 Å². The van der Waals surface area contributed by atoms with E-state index < -0.39 is 5.41 Å². The molecule has 0 bridgehead atoms. The number of ether oxygens (including phenoxy) is 1. The number of carbonyl (C=O) groups excluding carboxylic acids is 1. The summed E-state index contributed by atoms with van der Waals surface area (Å²) in [5.74, 6) is 0.110. The van der Waals surface area contributed by atoms with Crippen molar-refractivity contribution in [2.75, 3.05) is 37.7 Å². The molecule has 5 heteroatoms. The van der Waals surface area contributed by atoms with Crippen LogP contribution in [0.25, 0.3) is 0 Å². The Morgan fingerprint density at radius 1 is 1.14 bits per heavy atom. The molecule has 1 fully saturated rings. The van der Waals surface area contributed by atoms with E-state index in [9.17, 15) is 4.79 Å². The van der Waals surface area contributed by atoms with Crippen LogP contribution in [0.5, 0.6) is 0 Å². The molecule has 4 nitrogen and oxygen atoms in total. The number of hydrogen-bond acceptors (Lipinski definition) is 3. The Kier molecular flexibility index (Phi) is 7.13. The molecule has 3 rings (SSSR count). The van der Waals surface area contributed by atoms with Crippen LogP contribution in [0.1, 0.15) is 30.9 Å². The molecule has 0 spiro atoms. The highest BCUT2D eigenvalue weighted by Crippen LogP contribution is 2.35. The minimum Gasteiger partial charge on any atom is -0.381 e. The van der Waals surface area contributed by atoms with E-state index in [0.29, 0.717) is 19.8 Å². The number of aryl methyl sites for hydroxylation is 1. The van der Waals surface area contributed by atoms with Gasteiger partial charge >= 0.3 is 0 Å². The summed E-state index contributed by atoms with van der Waals surface area (Å²) in [6.45, 7) is 7.84. The Morgan fingerprint density at radius 2 is 1.82 bits per heavy atom. The van der Waals surface area contributed by atoms with Crippen LogP contribution in [0.4, 0.5) is 5.69 Å². The lowest BCUT2D eigenvalue weighted by atomic mass is 9.73. The number of amides is 1. The summed E-state index contributed by atoms with van der Waals surface area (Å²) in [6.07, 6.45) is 1.44. The van der Waals surface area contributed by atoms with Crippen molar-refractivity contribution in [1.29, 1.82) is 0 Å². The third-order valence-corrected chi connectivity index (χ3v) is 6.21. The fourth-order valence-corrected chi connectivity index (χ4v) is 4.24. The molecule has 2 aromatic rings. The summed E-state index contributed by atoms with van der Waals surface area (Å²) in [5.41, 5.74) is 3.06. The van der Waals surface area contributed by atoms with Gasteiger partial charge in [0, 0.05) is 43.0 Å². The largest absolute Gasteiger partial charge is 0.381 e. The van der Waals surface area contributed by atoms with Crippen LogP contribution in [0.2, 0.25) is 0 Å².